The van der Waals surface area contributed by atoms with Crippen LogP contribution in [0.4, 0.5) is 0 Å². The Hall–Kier alpha value is -4.74. The molecule has 0 atom stereocenters. The molecule has 0 amide bonds. The van der Waals surface area contributed by atoms with Gasteiger partial charge in [-0.3, -0.25) is 15.0 Å². The number of nitrogens with zero attached hydrogens (tertiary/aromatic N) is 3. The summed E-state index contributed by atoms with van der Waals surface area (Å²) in [5, 5.41) is 31.3. The summed E-state index contributed by atoms with van der Waals surface area (Å²) in [5.74, 6) is -5.13. The lowest BCUT2D eigenvalue weighted by molar-refractivity contribution is -0.670. The Kier molecular flexibility index (Phi) is 10.8. The number of aromatic nitrogens is 6. The molecule has 4 aromatic rings. The second kappa shape index (κ2) is 13.5. The lowest BCUT2D eigenvalue weighted by Gasteiger charge is -2.13. The summed E-state index contributed by atoms with van der Waals surface area (Å²) in [6, 6.07) is 2.37. The van der Waals surface area contributed by atoms with E-state index in [0.717, 1.165) is 12.1 Å². The van der Waals surface area contributed by atoms with Gasteiger partial charge in [0.1, 0.15) is 37.2 Å². The number of carboxylic acids is 3. The van der Waals surface area contributed by atoms with Gasteiger partial charge in [-0.1, -0.05) is 12.1 Å². The molecule has 174 valence electrons. The van der Waals surface area contributed by atoms with Crippen LogP contribution < -0.4 is 29.0 Å². The van der Waals surface area contributed by atoms with Gasteiger partial charge in [-0.15, -0.1) is 0 Å². The average molecular weight is 456 g/mol. The maximum atomic E-state index is 10.5. The third kappa shape index (κ3) is 10.2. The molecule has 3 aromatic heterocycles. The van der Waals surface area contributed by atoms with Crippen molar-refractivity contribution in [3.05, 3.63) is 91.1 Å². The lowest BCUT2D eigenvalue weighted by Crippen LogP contribution is -2.31. The molecule has 0 radical (unpaired) electrons. The van der Waals surface area contributed by atoms with Crippen LogP contribution in [0.5, 0.6) is 0 Å². The second-order valence-electron chi connectivity index (χ2n) is 6.45. The summed E-state index contributed by atoms with van der Waals surface area (Å²) in [7, 11) is 5.91. The zero-order valence-electron chi connectivity index (χ0n) is 18.2. The van der Waals surface area contributed by atoms with Crippen molar-refractivity contribution >= 4 is 17.9 Å². The number of carbonyl (C=O) groups is 3. The number of H-pyrrole nitrogens is 3. The first-order valence-corrected chi connectivity index (χ1v) is 9.34. The normalized spacial score (nSPS) is 9.18. The molecule has 0 aliphatic heterocycles. The number of aromatic carboxylic acids is 3. The summed E-state index contributed by atoms with van der Waals surface area (Å²) in [6.07, 6.45) is 17.1. The van der Waals surface area contributed by atoms with Crippen molar-refractivity contribution in [3.8, 4) is 0 Å². The topological polar surface area (TPSA) is 179 Å². The Morgan fingerprint density at radius 1 is 0.636 bits per heavy atom. The van der Waals surface area contributed by atoms with E-state index in [1.165, 1.54) is 0 Å². The molecule has 0 spiro atoms. The fourth-order valence-corrected chi connectivity index (χ4v) is 2.11. The van der Waals surface area contributed by atoms with Crippen molar-refractivity contribution in [2.75, 3.05) is 0 Å². The van der Waals surface area contributed by atoms with E-state index in [0.29, 0.717) is 6.07 Å². The summed E-state index contributed by atoms with van der Waals surface area (Å²) in [6.45, 7) is 0. The Morgan fingerprint density at radius 2 is 1.03 bits per heavy atom. The number of rotatable bonds is 3. The standard InChI is InChI=1S/C9H6O6.3C4H6N2/c10-7(11)4-1-2-5(8(12)13)6(3-4)9(14)15;3*1-6-3-2-5-4-6/h1-3H,(H,10,11)(H,12,13)(H,14,15);3*2-4H,1H3. The summed E-state index contributed by atoms with van der Waals surface area (Å²) < 4.78 is 5.83. The minimum Gasteiger partial charge on any atom is -0.545 e. The van der Waals surface area contributed by atoms with E-state index in [2.05, 4.69) is 15.0 Å². The quantitative estimate of drug-likeness (QED) is 0.267. The first-order chi connectivity index (χ1) is 15.6. The van der Waals surface area contributed by atoms with Crippen LogP contribution in [-0.2, 0) is 21.1 Å². The fraction of sp³-hybridized carbons (Fsp3) is 0.143. The van der Waals surface area contributed by atoms with Crippen LogP contribution in [0.2, 0.25) is 0 Å². The zero-order chi connectivity index (χ0) is 24.8. The summed E-state index contributed by atoms with van der Waals surface area (Å²) >= 11 is 0. The number of aromatic amines is 3. The maximum absolute atomic E-state index is 10.5. The molecule has 33 heavy (non-hydrogen) atoms. The molecule has 1 aromatic carbocycles. The Morgan fingerprint density at radius 3 is 1.24 bits per heavy atom. The highest BCUT2D eigenvalue weighted by atomic mass is 16.4. The molecule has 0 saturated heterocycles. The molecule has 3 N–H and O–H groups in total. The highest BCUT2D eigenvalue weighted by molar-refractivity contribution is 6.02. The molecule has 0 aliphatic rings. The average Bonchev–Trinajstić information content (AvgIpc) is 3.54. The molecule has 0 aliphatic carbocycles. The monoisotopic (exact) mass is 456 g/mol. The molecule has 0 fully saturated rings. The van der Waals surface area contributed by atoms with Gasteiger partial charge in [0.15, 0.2) is 0 Å². The van der Waals surface area contributed by atoms with E-state index in [1.807, 2.05) is 91.0 Å². The van der Waals surface area contributed by atoms with Crippen LogP contribution in [0.25, 0.3) is 0 Å². The molecular weight excluding hydrogens is 432 g/mol. The number of hydrogen-bond donors (Lipinski definition) is 3. The van der Waals surface area contributed by atoms with Crippen molar-refractivity contribution in [1.82, 2.24) is 15.0 Å². The van der Waals surface area contributed by atoms with E-state index in [9.17, 15) is 29.7 Å². The molecule has 0 bridgehead atoms. The van der Waals surface area contributed by atoms with Crippen molar-refractivity contribution in [2.45, 2.75) is 0 Å². The number of aryl methyl sites for hydroxylation is 3. The van der Waals surface area contributed by atoms with E-state index < -0.39 is 34.6 Å². The first kappa shape index (κ1) is 26.3. The lowest BCUT2D eigenvalue weighted by atomic mass is 10.0. The van der Waals surface area contributed by atoms with Gasteiger partial charge in [-0.05, 0) is 11.6 Å². The summed E-state index contributed by atoms with van der Waals surface area (Å²) in [5.41, 5.74) is -1.84. The van der Waals surface area contributed by atoms with Crippen LogP contribution in [0, 0.1) is 0 Å². The zero-order valence-corrected chi connectivity index (χ0v) is 18.2. The molecule has 0 saturated carbocycles. The largest absolute Gasteiger partial charge is 0.545 e. The van der Waals surface area contributed by atoms with Crippen molar-refractivity contribution < 1.29 is 43.4 Å². The smallest absolute Gasteiger partial charge is 0.241 e. The maximum Gasteiger partial charge on any atom is 0.241 e. The molecule has 4 rings (SSSR count). The SMILES string of the molecule is C[n+]1cc[nH]c1.C[n+]1cc[nH]c1.C[n+]1cc[nH]c1.O=C([O-])c1ccc(C(=O)[O-])c(C(=O)[O-])c1. The van der Waals surface area contributed by atoms with Gasteiger partial charge in [0.05, 0.1) is 39.1 Å². The second-order valence-corrected chi connectivity index (χ2v) is 6.45. The number of nitrogens with one attached hydrogen (secondary N) is 3. The third-order valence-corrected chi connectivity index (χ3v) is 3.75. The molecule has 3 heterocycles. The van der Waals surface area contributed by atoms with Crippen LogP contribution in [0.1, 0.15) is 31.1 Å². The van der Waals surface area contributed by atoms with Crippen LogP contribution >= 0.6 is 0 Å². The molecule has 12 heteroatoms. The van der Waals surface area contributed by atoms with Crippen molar-refractivity contribution in [2.24, 2.45) is 21.1 Å². The van der Waals surface area contributed by atoms with Crippen LogP contribution in [-0.4, -0.2) is 32.9 Å². The minimum atomic E-state index is -1.79. The number of hydrogen-bond acceptors (Lipinski definition) is 6. The van der Waals surface area contributed by atoms with Gasteiger partial charge in [0.2, 0.25) is 19.0 Å². The van der Waals surface area contributed by atoms with Gasteiger partial charge in [0, 0.05) is 11.1 Å². The summed E-state index contributed by atoms with van der Waals surface area (Å²) in [4.78, 5) is 40.0. The van der Waals surface area contributed by atoms with Gasteiger partial charge in [-0.2, -0.15) is 0 Å². The number of carbonyl (C=O) groups excluding carboxylic acids is 3. The van der Waals surface area contributed by atoms with Gasteiger partial charge in [-0.25, -0.2) is 13.7 Å². The van der Waals surface area contributed by atoms with Crippen LogP contribution in [0.15, 0.2) is 74.4 Å². The number of benzene rings is 1. The van der Waals surface area contributed by atoms with Gasteiger partial charge in [0.25, 0.3) is 0 Å². The van der Waals surface area contributed by atoms with Gasteiger partial charge < -0.3 is 29.7 Å². The molecule has 12 nitrogen and oxygen atoms in total. The Bertz CT molecular complexity index is 1050. The predicted molar refractivity (Wildman–Crippen MR) is 105 cm³/mol. The van der Waals surface area contributed by atoms with Crippen molar-refractivity contribution in [1.29, 1.82) is 0 Å². The van der Waals surface area contributed by atoms with Crippen molar-refractivity contribution in [3.63, 3.8) is 0 Å². The van der Waals surface area contributed by atoms with E-state index in [4.69, 9.17) is 0 Å². The van der Waals surface area contributed by atoms with Gasteiger partial charge >= 0.3 is 0 Å². The highest BCUT2D eigenvalue weighted by Crippen LogP contribution is 2.10. The number of carboxylic acid groups (broad SMARTS) is 3. The highest BCUT2D eigenvalue weighted by Gasteiger charge is 2.06. The molecular formula is C21H24N6O6. The minimum absolute atomic E-state index is 0.445. The fourth-order valence-electron chi connectivity index (χ4n) is 2.11. The Labute approximate surface area is 189 Å². The molecule has 0 unspecified atom stereocenters. The van der Waals surface area contributed by atoms with E-state index in [1.54, 1.807) is 0 Å². The predicted octanol–water partition coefficient (Wildman–Crippen LogP) is -3.71. The van der Waals surface area contributed by atoms with Crippen LogP contribution in [0.3, 0.4) is 0 Å². The first-order valence-electron chi connectivity index (χ1n) is 9.34. The third-order valence-electron chi connectivity index (χ3n) is 3.75. The Balaban J connectivity index is 0.000000247. The number of imidazole rings is 3. The van der Waals surface area contributed by atoms with E-state index >= 15 is 0 Å². The van der Waals surface area contributed by atoms with E-state index in [-0.39, 0.29) is 0 Å².